The molecule has 0 heterocycles. The molecule has 2 N–H and O–H groups in total. The van der Waals surface area contributed by atoms with Crippen LogP contribution in [0, 0.1) is 0 Å². The van der Waals surface area contributed by atoms with Gasteiger partial charge in [-0.15, -0.1) is 0 Å². The maximum atomic E-state index is 2.36. The highest BCUT2D eigenvalue weighted by Crippen LogP contribution is 2.15. The van der Waals surface area contributed by atoms with E-state index in [4.69, 9.17) is 0 Å². The molecule has 4 heteroatoms. The van der Waals surface area contributed by atoms with Gasteiger partial charge in [0.05, 0.1) is 41.3 Å². The van der Waals surface area contributed by atoms with Crippen molar-refractivity contribution in [3.8, 4) is 0 Å². The molecule has 2 rings (SSSR count). The maximum Gasteiger partial charge on any atom is 0.104 e. The SMILES string of the molecule is CCCCCCCCCC[N+](C)(C)Cc1ccccc1.CCCCCCCCCC[N+](C)(C)Cc1ccccc1.[OH-].[OH-]. The van der Waals surface area contributed by atoms with Gasteiger partial charge in [-0.3, -0.25) is 0 Å². The molecule has 244 valence electrons. The molecule has 0 aliphatic rings. The zero-order valence-corrected chi connectivity index (χ0v) is 28.7. The van der Waals surface area contributed by atoms with Crippen molar-refractivity contribution in [3.63, 3.8) is 0 Å². The number of nitrogens with zero attached hydrogens (tertiary/aromatic N) is 2. The van der Waals surface area contributed by atoms with E-state index in [2.05, 4.69) is 103 Å². The molecule has 0 saturated heterocycles. The van der Waals surface area contributed by atoms with Crippen molar-refractivity contribution in [3.05, 3.63) is 71.8 Å². The van der Waals surface area contributed by atoms with E-state index in [1.807, 2.05) is 0 Å². The fourth-order valence-corrected chi connectivity index (χ4v) is 5.66. The first kappa shape index (κ1) is 42.4. The molecule has 0 bridgehead atoms. The molecule has 0 fully saturated rings. The van der Waals surface area contributed by atoms with Crippen LogP contribution in [0.5, 0.6) is 0 Å². The van der Waals surface area contributed by atoms with Crippen molar-refractivity contribution in [1.82, 2.24) is 0 Å². The first-order chi connectivity index (χ1) is 19.3. The van der Waals surface area contributed by atoms with E-state index in [-0.39, 0.29) is 11.0 Å². The minimum atomic E-state index is 0. The molecule has 42 heavy (non-hydrogen) atoms. The molecule has 0 spiro atoms. The van der Waals surface area contributed by atoms with E-state index in [1.54, 1.807) is 0 Å². The Balaban J connectivity index is 0. The summed E-state index contributed by atoms with van der Waals surface area (Å²) in [4.78, 5) is 0. The highest BCUT2D eigenvalue weighted by molar-refractivity contribution is 5.14. The third-order valence-corrected chi connectivity index (χ3v) is 8.14. The zero-order valence-electron chi connectivity index (χ0n) is 28.7. The van der Waals surface area contributed by atoms with Crippen LogP contribution in [0.15, 0.2) is 60.7 Å². The van der Waals surface area contributed by atoms with Crippen LogP contribution < -0.4 is 0 Å². The first-order valence-electron chi connectivity index (χ1n) is 17.0. The fourth-order valence-electron chi connectivity index (χ4n) is 5.66. The van der Waals surface area contributed by atoms with E-state index in [0.717, 1.165) is 22.1 Å². The average Bonchev–Trinajstić information content (AvgIpc) is 2.92. The van der Waals surface area contributed by atoms with Crippen LogP contribution >= 0.6 is 0 Å². The van der Waals surface area contributed by atoms with E-state index < -0.39 is 0 Å². The monoisotopic (exact) mass is 587 g/mol. The van der Waals surface area contributed by atoms with Crippen LogP contribution in [0.1, 0.15) is 128 Å². The van der Waals surface area contributed by atoms with Crippen LogP contribution in [0.2, 0.25) is 0 Å². The largest absolute Gasteiger partial charge is 0.870 e. The van der Waals surface area contributed by atoms with Gasteiger partial charge < -0.3 is 19.9 Å². The third kappa shape index (κ3) is 24.8. The van der Waals surface area contributed by atoms with Crippen LogP contribution in [-0.4, -0.2) is 61.2 Å². The lowest BCUT2D eigenvalue weighted by atomic mass is 10.1. The maximum absolute atomic E-state index is 2.36. The van der Waals surface area contributed by atoms with Crippen molar-refractivity contribution in [2.24, 2.45) is 0 Å². The number of quaternary nitrogens is 2. The molecule has 0 aromatic heterocycles. The van der Waals surface area contributed by atoms with E-state index in [9.17, 15) is 0 Å². The van der Waals surface area contributed by atoms with Gasteiger partial charge in [0, 0.05) is 11.1 Å². The third-order valence-electron chi connectivity index (χ3n) is 8.14. The van der Waals surface area contributed by atoms with Crippen molar-refractivity contribution in [2.45, 2.75) is 130 Å². The first-order valence-corrected chi connectivity index (χ1v) is 17.0. The van der Waals surface area contributed by atoms with Gasteiger partial charge in [0.2, 0.25) is 0 Å². The Morgan fingerprint density at radius 2 is 0.643 bits per heavy atom. The van der Waals surface area contributed by atoms with Crippen molar-refractivity contribution < 1.29 is 19.9 Å². The second-order valence-corrected chi connectivity index (χ2v) is 13.6. The standard InChI is InChI=1S/2C19H34N.2H2O/c2*1-4-5-6-7-8-9-10-14-17-20(2,3)18-19-15-12-11-13-16-19;;/h2*11-13,15-16H,4-10,14,17-18H2,1-3H3;2*1H2/q2*+1;;/p-2. The topological polar surface area (TPSA) is 60.0 Å². The summed E-state index contributed by atoms with van der Waals surface area (Å²) in [6, 6.07) is 21.8. The molecule has 0 saturated carbocycles. The van der Waals surface area contributed by atoms with Gasteiger partial charge in [0.25, 0.3) is 0 Å². The van der Waals surface area contributed by atoms with E-state index in [0.29, 0.717) is 0 Å². The highest BCUT2D eigenvalue weighted by atomic mass is 16.0. The van der Waals surface area contributed by atoms with Crippen LogP contribution in [0.4, 0.5) is 0 Å². The molecule has 2 aromatic rings. The summed E-state index contributed by atoms with van der Waals surface area (Å²) in [6.45, 7) is 9.46. The van der Waals surface area contributed by atoms with Gasteiger partial charge in [-0.2, -0.15) is 0 Å². The highest BCUT2D eigenvalue weighted by Gasteiger charge is 2.15. The zero-order chi connectivity index (χ0) is 29.4. The molecule has 0 radical (unpaired) electrons. The minimum Gasteiger partial charge on any atom is -0.870 e. The molecular formula is C38H70N2O2. The van der Waals surface area contributed by atoms with Gasteiger partial charge in [0.15, 0.2) is 0 Å². The molecular weight excluding hydrogens is 516 g/mol. The summed E-state index contributed by atoms with van der Waals surface area (Å²) in [6.07, 6.45) is 22.6. The summed E-state index contributed by atoms with van der Waals surface area (Å²) in [5.74, 6) is 0. The number of benzene rings is 2. The quantitative estimate of drug-likeness (QED) is 0.102. The Bertz CT molecular complexity index is 739. The Morgan fingerprint density at radius 3 is 0.929 bits per heavy atom. The van der Waals surface area contributed by atoms with E-state index in [1.165, 1.54) is 127 Å². The van der Waals surface area contributed by atoms with Crippen LogP contribution in [0.3, 0.4) is 0 Å². The van der Waals surface area contributed by atoms with Crippen LogP contribution in [0.25, 0.3) is 0 Å². The van der Waals surface area contributed by atoms with Gasteiger partial charge >= 0.3 is 0 Å². The molecule has 0 atom stereocenters. The summed E-state index contributed by atoms with van der Waals surface area (Å²) >= 11 is 0. The van der Waals surface area contributed by atoms with Crippen LogP contribution in [-0.2, 0) is 13.1 Å². The lowest BCUT2D eigenvalue weighted by Gasteiger charge is -2.30. The van der Waals surface area contributed by atoms with Gasteiger partial charge in [-0.05, 0) is 25.7 Å². The summed E-state index contributed by atoms with van der Waals surface area (Å²) in [5.41, 5.74) is 2.91. The number of rotatable bonds is 22. The normalized spacial score (nSPS) is 11.2. The predicted octanol–water partition coefficient (Wildman–Crippen LogP) is 10.5. The Hall–Kier alpha value is -1.72. The lowest BCUT2D eigenvalue weighted by Crippen LogP contribution is -2.39. The van der Waals surface area contributed by atoms with Gasteiger partial charge in [-0.1, -0.05) is 152 Å². The Labute approximate surface area is 262 Å². The average molecular weight is 587 g/mol. The van der Waals surface area contributed by atoms with Crippen molar-refractivity contribution in [1.29, 1.82) is 0 Å². The van der Waals surface area contributed by atoms with Gasteiger partial charge in [-0.25, -0.2) is 0 Å². The molecule has 4 nitrogen and oxygen atoms in total. The second-order valence-electron chi connectivity index (χ2n) is 13.6. The van der Waals surface area contributed by atoms with E-state index >= 15 is 0 Å². The minimum absolute atomic E-state index is 0. The second kappa shape index (κ2) is 26.9. The molecule has 2 aromatic carbocycles. The predicted molar refractivity (Wildman–Crippen MR) is 183 cm³/mol. The summed E-state index contributed by atoms with van der Waals surface area (Å²) in [7, 11) is 9.42. The molecule has 0 aliphatic carbocycles. The van der Waals surface area contributed by atoms with Crippen molar-refractivity contribution in [2.75, 3.05) is 41.3 Å². The lowest BCUT2D eigenvalue weighted by molar-refractivity contribution is -0.903. The van der Waals surface area contributed by atoms with Crippen molar-refractivity contribution >= 4 is 0 Å². The fraction of sp³-hybridized carbons (Fsp3) is 0.684. The number of hydrogen-bond acceptors (Lipinski definition) is 2. The smallest absolute Gasteiger partial charge is 0.104 e. The Kier molecular flexibility index (Phi) is 27.1. The van der Waals surface area contributed by atoms with Gasteiger partial charge in [0.1, 0.15) is 13.1 Å². The Morgan fingerprint density at radius 1 is 0.381 bits per heavy atom. The number of unbranched alkanes of at least 4 members (excludes halogenated alkanes) is 14. The molecule has 0 unspecified atom stereocenters. The molecule has 0 aliphatic heterocycles. The summed E-state index contributed by atoms with van der Waals surface area (Å²) in [5, 5.41) is 0. The number of hydrogen-bond donors (Lipinski definition) is 0. The molecule has 0 amide bonds. The summed E-state index contributed by atoms with van der Waals surface area (Å²) < 4.78 is 2.22.